The minimum absolute atomic E-state index is 0.246. The first kappa shape index (κ1) is 9.31. The number of hydrogen-bond donors (Lipinski definition) is 1. The Morgan fingerprint density at radius 3 is 2.73 bits per heavy atom. The van der Waals surface area contributed by atoms with Crippen molar-refractivity contribution < 1.29 is 9.47 Å². The molecule has 1 fully saturated rings. The van der Waals surface area contributed by atoms with Crippen LogP contribution in [0.25, 0.3) is 0 Å². The van der Waals surface area contributed by atoms with Crippen LogP contribution < -0.4 is 15.2 Å². The number of hydrogen-bond acceptors (Lipinski definition) is 3. The Morgan fingerprint density at radius 1 is 1.27 bits per heavy atom. The number of benzene rings is 1. The molecule has 1 aromatic rings. The fraction of sp³-hybridized carbons (Fsp3) is 0.455. The van der Waals surface area contributed by atoms with Gasteiger partial charge in [-0.1, -0.05) is 17.7 Å². The van der Waals surface area contributed by atoms with Gasteiger partial charge in [0.2, 0.25) is 6.79 Å². The average molecular weight is 226 g/mol. The zero-order valence-corrected chi connectivity index (χ0v) is 9.01. The van der Waals surface area contributed by atoms with E-state index in [-0.39, 0.29) is 12.3 Å². The third-order valence-electron chi connectivity index (χ3n) is 3.26. The van der Waals surface area contributed by atoms with Crippen molar-refractivity contribution in [1.82, 2.24) is 0 Å². The highest BCUT2D eigenvalue weighted by atomic mass is 35.5. The molecule has 1 aromatic carbocycles. The van der Waals surface area contributed by atoms with Gasteiger partial charge < -0.3 is 15.2 Å². The number of nitrogens with two attached hydrogens (primary N) is 1. The van der Waals surface area contributed by atoms with Gasteiger partial charge in [-0.2, -0.15) is 0 Å². The van der Waals surface area contributed by atoms with E-state index in [1.54, 1.807) is 0 Å². The molecule has 0 spiro atoms. The molecule has 0 amide bonds. The van der Waals surface area contributed by atoms with E-state index in [1.807, 2.05) is 12.1 Å². The molecule has 0 unspecified atom stereocenters. The third-order valence-corrected chi connectivity index (χ3v) is 3.64. The first-order chi connectivity index (χ1) is 7.21. The predicted molar refractivity (Wildman–Crippen MR) is 57.3 cm³/mol. The van der Waals surface area contributed by atoms with Crippen LogP contribution in [0, 0.1) is 0 Å². The maximum atomic E-state index is 6.27. The summed E-state index contributed by atoms with van der Waals surface area (Å²) in [5.74, 6) is 1.36. The van der Waals surface area contributed by atoms with Gasteiger partial charge >= 0.3 is 0 Å². The van der Waals surface area contributed by atoms with Crippen LogP contribution in [-0.2, 0) is 5.54 Å². The topological polar surface area (TPSA) is 44.5 Å². The normalized spacial score (nSPS) is 21.2. The van der Waals surface area contributed by atoms with Crippen LogP contribution in [0.5, 0.6) is 11.5 Å². The lowest BCUT2D eigenvalue weighted by Crippen LogP contribution is -2.43. The highest BCUT2D eigenvalue weighted by Crippen LogP contribution is 2.48. The molecule has 15 heavy (non-hydrogen) atoms. The zero-order valence-electron chi connectivity index (χ0n) is 8.25. The van der Waals surface area contributed by atoms with Crippen LogP contribution in [0.1, 0.15) is 24.8 Å². The molecule has 0 aromatic heterocycles. The van der Waals surface area contributed by atoms with E-state index in [0.29, 0.717) is 16.5 Å². The lowest BCUT2D eigenvalue weighted by atomic mass is 9.72. The fourth-order valence-electron chi connectivity index (χ4n) is 2.15. The average Bonchev–Trinajstić information content (AvgIpc) is 2.64. The highest BCUT2D eigenvalue weighted by molar-refractivity contribution is 6.33. The van der Waals surface area contributed by atoms with Crippen molar-refractivity contribution in [3.8, 4) is 11.5 Å². The second kappa shape index (κ2) is 3.03. The number of halogens is 1. The van der Waals surface area contributed by atoms with E-state index in [9.17, 15) is 0 Å². The molecule has 0 atom stereocenters. The van der Waals surface area contributed by atoms with Crippen molar-refractivity contribution in [2.24, 2.45) is 5.73 Å². The van der Waals surface area contributed by atoms with Crippen LogP contribution in [0.3, 0.4) is 0 Å². The maximum absolute atomic E-state index is 6.27. The summed E-state index contributed by atoms with van der Waals surface area (Å²) < 4.78 is 10.6. The molecule has 0 radical (unpaired) electrons. The highest BCUT2D eigenvalue weighted by Gasteiger charge is 2.37. The Kier molecular flexibility index (Phi) is 1.88. The molecule has 2 N–H and O–H groups in total. The van der Waals surface area contributed by atoms with Crippen LogP contribution >= 0.6 is 11.6 Å². The second-order valence-corrected chi connectivity index (χ2v) is 4.55. The zero-order chi connectivity index (χ0) is 10.5. The van der Waals surface area contributed by atoms with Gasteiger partial charge in [0.05, 0.1) is 5.02 Å². The Labute approximate surface area is 93.1 Å². The lowest BCUT2D eigenvalue weighted by Gasteiger charge is -2.39. The predicted octanol–water partition coefficient (Wildman–Crippen LogP) is 2.41. The molecular weight excluding hydrogens is 214 g/mol. The summed E-state index contributed by atoms with van der Waals surface area (Å²) in [7, 11) is 0. The van der Waals surface area contributed by atoms with E-state index in [1.165, 1.54) is 6.42 Å². The van der Waals surface area contributed by atoms with E-state index in [4.69, 9.17) is 26.8 Å². The molecule has 1 saturated carbocycles. The molecule has 3 rings (SSSR count). The summed E-state index contributed by atoms with van der Waals surface area (Å²) in [6, 6.07) is 3.84. The summed E-state index contributed by atoms with van der Waals surface area (Å²) in [6.07, 6.45) is 3.15. The molecule has 0 bridgehead atoms. The Balaban J connectivity index is 2.10. The van der Waals surface area contributed by atoms with Crippen molar-refractivity contribution in [3.05, 3.63) is 22.7 Å². The molecule has 1 aliphatic carbocycles. The molecule has 0 saturated heterocycles. The van der Waals surface area contributed by atoms with Gasteiger partial charge in [-0.25, -0.2) is 0 Å². The third kappa shape index (κ3) is 1.23. The van der Waals surface area contributed by atoms with Gasteiger partial charge in [0.15, 0.2) is 11.5 Å². The van der Waals surface area contributed by atoms with Crippen molar-refractivity contribution >= 4 is 11.6 Å². The summed E-state index contributed by atoms with van der Waals surface area (Å²) in [5.41, 5.74) is 6.97. The largest absolute Gasteiger partial charge is 0.454 e. The molecule has 1 heterocycles. The Bertz CT molecular complexity index is 415. The van der Waals surface area contributed by atoms with Crippen molar-refractivity contribution in [2.45, 2.75) is 24.8 Å². The van der Waals surface area contributed by atoms with E-state index >= 15 is 0 Å². The summed E-state index contributed by atoms with van der Waals surface area (Å²) >= 11 is 6.27. The van der Waals surface area contributed by atoms with Crippen molar-refractivity contribution in [3.63, 3.8) is 0 Å². The summed E-state index contributed by atoms with van der Waals surface area (Å²) in [4.78, 5) is 0. The van der Waals surface area contributed by atoms with Gasteiger partial charge in [0.25, 0.3) is 0 Å². The second-order valence-electron chi connectivity index (χ2n) is 4.17. The van der Waals surface area contributed by atoms with Gasteiger partial charge in [-0.15, -0.1) is 0 Å². The number of fused-ring (bicyclic) bond motifs is 1. The van der Waals surface area contributed by atoms with Crippen LogP contribution in [-0.4, -0.2) is 6.79 Å². The monoisotopic (exact) mass is 225 g/mol. The first-order valence-corrected chi connectivity index (χ1v) is 5.46. The van der Waals surface area contributed by atoms with Crippen LogP contribution in [0.4, 0.5) is 0 Å². The molecule has 80 valence electrons. The van der Waals surface area contributed by atoms with Crippen LogP contribution in [0.15, 0.2) is 12.1 Å². The quantitative estimate of drug-likeness (QED) is 0.798. The molecule has 2 aliphatic rings. The standard InChI is InChI=1S/C11H12ClNO2/c12-9-7(11(13)4-1-5-11)2-3-8-10(9)15-6-14-8/h2-3H,1,4-6,13H2. The lowest BCUT2D eigenvalue weighted by molar-refractivity contribution is 0.173. The number of rotatable bonds is 1. The Hall–Kier alpha value is -0.930. The SMILES string of the molecule is NC1(c2ccc3c(c2Cl)OCO3)CCC1. The molecule has 4 heteroatoms. The maximum Gasteiger partial charge on any atom is 0.231 e. The Morgan fingerprint density at radius 2 is 2.07 bits per heavy atom. The fourth-order valence-corrected chi connectivity index (χ4v) is 2.55. The summed E-state index contributed by atoms with van der Waals surface area (Å²) in [5, 5.41) is 0.618. The van der Waals surface area contributed by atoms with Gasteiger partial charge in [0.1, 0.15) is 0 Å². The van der Waals surface area contributed by atoms with Crippen LogP contribution in [0.2, 0.25) is 5.02 Å². The molecule has 3 nitrogen and oxygen atoms in total. The van der Waals surface area contributed by atoms with E-state index in [2.05, 4.69) is 0 Å². The van der Waals surface area contributed by atoms with E-state index < -0.39 is 0 Å². The van der Waals surface area contributed by atoms with E-state index in [0.717, 1.165) is 18.4 Å². The van der Waals surface area contributed by atoms with Crippen molar-refractivity contribution in [2.75, 3.05) is 6.79 Å². The smallest absolute Gasteiger partial charge is 0.231 e. The van der Waals surface area contributed by atoms with Gasteiger partial charge in [0, 0.05) is 5.54 Å². The molecule has 1 aliphatic heterocycles. The van der Waals surface area contributed by atoms with Gasteiger partial charge in [-0.05, 0) is 30.9 Å². The minimum Gasteiger partial charge on any atom is -0.454 e. The van der Waals surface area contributed by atoms with Crippen molar-refractivity contribution in [1.29, 1.82) is 0 Å². The number of ether oxygens (including phenoxy) is 2. The minimum atomic E-state index is -0.252. The first-order valence-electron chi connectivity index (χ1n) is 5.08. The summed E-state index contributed by atoms with van der Waals surface area (Å²) in [6.45, 7) is 0.246. The molecular formula is C11H12ClNO2. The van der Waals surface area contributed by atoms with Gasteiger partial charge in [-0.3, -0.25) is 0 Å².